The van der Waals surface area contributed by atoms with Gasteiger partial charge < -0.3 is 14.6 Å². The average Bonchev–Trinajstić information content (AvgIpc) is 3.16. The number of aryl methyl sites for hydroxylation is 2. The van der Waals surface area contributed by atoms with Crippen LogP contribution in [0, 0.1) is 0 Å². The smallest absolute Gasteiger partial charge is 0.344 e. The normalized spacial score (nSPS) is 18.1. The van der Waals surface area contributed by atoms with Crippen LogP contribution in [0.25, 0.3) is 0 Å². The lowest BCUT2D eigenvalue weighted by Gasteiger charge is -2.20. The van der Waals surface area contributed by atoms with Gasteiger partial charge in [-0.2, -0.15) is 0 Å². The van der Waals surface area contributed by atoms with E-state index < -0.39 is 17.6 Å². The second-order valence-electron chi connectivity index (χ2n) is 5.95. The number of pyridine rings is 1. The molecule has 0 spiro atoms. The fourth-order valence-electron chi connectivity index (χ4n) is 3.13. The molecule has 0 aromatic carbocycles. The summed E-state index contributed by atoms with van der Waals surface area (Å²) in [6.07, 6.45) is 3.78. The molecule has 1 aromatic rings. The minimum absolute atomic E-state index is 0.0123. The number of aromatic amines is 1. The highest BCUT2D eigenvalue weighted by Crippen LogP contribution is 2.19. The van der Waals surface area contributed by atoms with E-state index in [1.807, 2.05) is 0 Å². The van der Waals surface area contributed by atoms with Gasteiger partial charge in [-0.3, -0.25) is 9.59 Å². The molecule has 2 aliphatic rings. The minimum atomic E-state index is -0.863. The number of likely N-dealkylation sites (tertiary alicyclic amines) is 1. The first-order valence-corrected chi connectivity index (χ1v) is 7.81. The summed E-state index contributed by atoms with van der Waals surface area (Å²) in [5, 5.41) is 0. The molecule has 1 aromatic heterocycles. The molecule has 1 fully saturated rings. The molecule has 1 aliphatic heterocycles. The number of carbonyl (C=O) groups excluding carboxylic acids is 2. The SMILES string of the molecule is CC(OC(=O)c1cc2c([nH]c1=O)CCC2)C(=O)N1CCCC1. The van der Waals surface area contributed by atoms with Crippen LogP contribution in [-0.4, -0.2) is 41.0 Å². The monoisotopic (exact) mass is 304 g/mol. The van der Waals surface area contributed by atoms with Crippen molar-refractivity contribution in [2.75, 3.05) is 13.1 Å². The second kappa shape index (κ2) is 5.94. The maximum absolute atomic E-state index is 12.2. The molecule has 0 radical (unpaired) electrons. The number of aromatic nitrogens is 1. The van der Waals surface area contributed by atoms with Crippen LogP contribution < -0.4 is 5.56 Å². The van der Waals surface area contributed by atoms with Crippen LogP contribution >= 0.6 is 0 Å². The van der Waals surface area contributed by atoms with Crippen LogP contribution in [0.3, 0.4) is 0 Å². The van der Waals surface area contributed by atoms with Crippen LogP contribution in [-0.2, 0) is 22.4 Å². The number of esters is 1. The van der Waals surface area contributed by atoms with E-state index in [0.29, 0.717) is 13.1 Å². The fourth-order valence-corrected chi connectivity index (χ4v) is 3.13. The Bertz CT molecular complexity index is 659. The maximum Gasteiger partial charge on any atom is 0.344 e. The molecule has 6 heteroatoms. The summed E-state index contributed by atoms with van der Waals surface area (Å²) in [4.78, 5) is 40.7. The summed E-state index contributed by atoms with van der Waals surface area (Å²) < 4.78 is 5.20. The van der Waals surface area contributed by atoms with Gasteiger partial charge in [0.15, 0.2) is 6.10 Å². The zero-order valence-corrected chi connectivity index (χ0v) is 12.7. The van der Waals surface area contributed by atoms with Crippen LogP contribution in [0.1, 0.15) is 47.8 Å². The number of H-pyrrole nitrogens is 1. The third-order valence-corrected chi connectivity index (χ3v) is 4.36. The number of ether oxygens (including phenoxy) is 1. The molecule has 1 N–H and O–H groups in total. The minimum Gasteiger partial charge on any atom is -0.449 e. The van der Waals surface area contributed by atoms with Crippen molar-refractivity contribution in [3.05, 3.63) is 33.2 Å². The fraction of sp³-hybridized carbons (Fsp3) is 0.562. The molecule has 0 saturated carbocycles. The molecule has 1 aliphatic carbocycles. The largest absolute Gasteiger partial charge is 0.449 e. The van der Waals surface area contributed by atoms with Gasteiger partial charge in [-0.15, -0.1) is 0 Å². The zero-order chi connectivity index (χ0) is 15.7. The van der Waals surface area contributed by atoms with Crippen LogP contribution in [0.2, 0.25) is 0 Å². The van der Waals surface area contributed by atoms with Gasteiger partial charge in [0.1, 0.15) is 5.56 Å². The zero-order valence-electron chi connectivity index (χ0n) is 12.7. The number of amides is 1. The average molecular weight is 304 g/mol. The van der Waals surface area contributed by atoms with Crippen molar-refractivity contribution in [1.82, 2.24) is 9.88 Å². The van der Waals surface area contributed by atoms with Gasteiger partial charge in [0.05, 0.1) is 0 Å². The second-order valence-corrected chi connectivity index (χ2v) is 5.95. The molecule has 0 bridgehead atoms. The van der Waals surface area contributed by atoms with Crippen LogP contribution in [0.4, 0.5) is 0 Å². The first-order valence-electron chi connectivity index (χ1n) is 7.81. The van der Waals surface area contributed by atoms with E-state index in [4.69, 9.17) is 4.74 Å². The predicted octanol–water partition coefficient (Wildman–Crippen LogP) is 1.03. The molecular formula is C16H20N2O4. The quantitative estimate of drug-likeness (QED) is 0.846. The Balaban J connectivity index is 1.71. The van der Waals surface area contributed by atoms with Gasteiger partial charge in [-0.05, 0) is 50.7 Å². The maximum atomic E-state index is 12.2. The molecule has 22 heavy (non-hydrogen) atoms. The highest BCUT2D eigenvalue weighted by atomic mass is 16.5. The van der Waals surface area contributed by atoms with Crippen LogP contribution in [0.5, 0.6) is 0 Å². The third-order valence-electron chi connectivity index (χ3n) is 4.36. The number of nitrogens with one attached hydrogen (secondary N) is 1. The Hall–Kier alpha value is -2.11. The van der Waals surface area contributed by atoms with E-state index in [1.165, 1.54) is 0 Å². The molecule has 1 saturated heterocycles. The van der Waals surface area contributed by atoms with Gasteiger partial charge in [0.25, 0.3) is 11.5 Å². The summed E-state index contributed by atoms with van der Waals surface area (Å²) in [6, 6.07) is 1.61. The van der Waals surface area contributed by atoms with Crippen LogP contribution in [0.15, 0.2) is 10.9 Å². The molecular weight excluding hydrogens is 284 g/mol. The van der Waals surface area contributed by atoms with Crippen molar-refractivity contribution in [3.63, 3.8) is 0 Å². The van der Waals surface area contributed by atoms with Crippen molar-refractivity contribution >= 4 is 11.9 Å². The summed E-state index contributed by atoms with van der Waals surface area (Å²) in [7, 11) is 0. The summed E-state index contributed by atoms with van der Waals surface area (Å²) >= 11 is 0. The first-order chi connectivity index (χ1) is 10.6. The van der Waals surface area contributed by atoms with Crippen molar-refractivity contribution in [3.8, 4) is 0 Å². The van der Waals surface area contributed by atoms with E-state index in [9.17, 15) is 14.4 Å². The Morgan fingerprint density at radius 3 is 2.68 bits per heavy atom. The summed E-state index contributed by atoms with van der Waals surface area (Å²) in [5.41, 5.74) is 1.45. The molecule has 1 amide bonds. The molecule has 118 valence electrons. The lowest BCUT2D eigenvalue weighted by molar-refractivity contribution is -0.138. The highest BCUT2D eigenvalue weighted by molar-refractivity contribution is 5.92. The van der Waals surface area contributed by atoms with E-state index in [-0.39, 0.29) is 11.5 Å². The van der Waals surface area contributed by atoms with E-state index in [0.717, 1.165) is 43.4 Å². The molecule has 2 heterocycles. The molecule has 3 rings (SSSR count). The Morgan fingerprint density at radius 2 is 1.95 bits per heavy atom. The standard InChI is InChI=1S/C16H20N2O4/c1-10(15(20)18-7-2-3-8-18)22-16(21)12-9-11-5-4-6-13(11)17-14(12)19/h9-10H,2-8H2,1H3,(H,17,19). The molecule has 6 nitrogen and oxygen atoms in total. The predicted molar refractivity (Wildman–Crippen MR) is 79.8 cm³/mol. The third kappa shape index (κ3) is 2.77. The van der Waals surface area contributed by atoms with E-state index >= 15 is 0 Å². The van der Waals surface area contributed by atoms with Gasteiger partial charge in [0, 0.05) is 18.8 Å². The van der Waals surface area contributed by atoms with Gasteiger partial charge in [-0.25, -0.2) is 4.79 Å². The number of nitrogens with zero attached hydrogens (tertiary/aromatic N) is 1. The van der Waals surface area contributed by atoms with Gasteiger partial charge >= 0.3 is 5.97 Å². The Kier molecular flexibility index (Phi) is 4.00. The number of hydrogen-bond acceptors (Lipinski definition) is 4. The number of fused-ring (bicyclic) bond motifs is 1. The summed E-state index contributed by atoms with van der Waals surface area (Å²) in [5.74, 6) is -0.917. The molecule has 1 unspecified atom stereocenters. The van der Waals surface area contributed by atoms with E-state index in [2.05, 4.69) is 4.98 Å². The van der Waals surface area contributed by atoms with Crippen molar-refractivity contribution in [2.45, 2.75) is 45.1 Å². The summed E-state index contributed by atoms with van der Waals surface area (Å²) in [6.45, 7) is 2.97. The van der Waals surface area contributed by atoms with Crippen molar-refractivity contribution < 1.29 is 14.3 Å². The van der Waals surface area contributed by atoms with E-state index in [1.54, 1.807) is 17.9 Å². The van der Waals surface area contributed by atoms with Gasteiger partial charge in [0.2, 0.25) is 0 Å². The number of carbonyl (C=O) groups is 2. The lowest BCUT2D eigenvalue weighted by atomic mass is 10.1. The lowest BCUT2D eigenvalue weighted by Crippen LogP contribution is -2.38. The number of hydrogen-bond donors (Lipinski definition) is 1. The highest BCUT2D eigenvalue weighted by Gasteiger charge is 2.27. The Morgan fingerprint density at radius 1 is 1.23 bits per heavy atom. The van der Waals surface area contributed by atoms with Crippen molar-refractivity contribution in [1.29, 1.82) is 0 Å². The topological polar surface area (TPSA) is 79.5 Å². The Labute approximate surface area is 128 Å². The molecule has 1 atom stereocenters. The first kappa shape index (κ1) is 14.8. The number of rotatable bonds is 3. The van der Waals surface area contributed by atoms with Crippen molar-refractivity contribution in [2.24, 2.45) is 0 Å². The van der Waals surface area contributed by atoms with Gasteiger partial charge in [-0.1, -0.05) is 0 Å².